The predicted octanol–water partition coefficient (Wildman–Crippen LogP) is 4.59. The molecule has 2 aromatic rings. The molecule has 8 heteroatoms. The standard InChI is InChI=1S/C24H26F2O5S/c1-32(29,30)21-13-18(12-20(26)14-21)24(31-15-16-2-3-16)10-8-23(9-11-24,22(27)28)17-4-6-19(25)7-5-17/h4-7,12-14,16H,2-3,8-11,15H2,1H3,(H,27,28)/t23-,24+. The minimum atomic E-state index is -3.64. The van der Waals surface area contributed by atoms with E-state index in [1.54, 1.807) is 0 Å². The van der Waals surface area contributed by atoms with E-state index < -0.39 is 38.5 Å². The number of sulfone groups is 1. The van der Waals surface area contributed by atoms with E-state index >= 15 is 0 Å². The van der Waals surface area contributed by atoms with Gasteiger partial charge in [0.1, 0.15) is 11.6 Å². The number of rotatable bonds is 7. The summed E-state index contributed by atoms with van der Waals surface area (Å²) in [6.45, 7) is 0.460. The number of aliphatic carboxylic acids is 1. The zero-order valence-electron chi connectivity index (χ0n) is 17.8. The van der Waals surface area contributed by atoms with Gasteiger partial charge >= 0.3 is 5.97 Å². The molecule has 0 unspecified atom stereocenters. The molecule has 2 aliphatic carbocycles. The first-order valence-electron chi connectivity index (χ1n) is 10.7. The maximum absolute atomic E-state index is 14.4. The molecule has 0 radical (unpaired) electrons. The van der Waals surface area contributed by atoms with E-state index in [0.717, 1.165) is 25.2 Å². The van der Waals surface area contributed by atoms with Crippen LogP contribution in [0.2, 0.25) is 0 Å². The van der Waals surface area contributed by atoms with Gasteiger partial charge in [0.25, 0.3) is 0 Å². The largest absolute Gasteiger partial charge is 0.481 e. The third kappa shape index (κ3) is 4.43. The molecule has 4 rings (SSSR count). The summed E-state index contributed by atoms with van der Waals surface area (Å²) < 4.78 is 58.3. The van der Waals surface area contributed by atoms with Crippen LogP contribution in [0.1, 0.15) is 49.7 Å². The summed E-state index contributed by atoms with van der Waals surface area (Å²) in [6.07, 6.45) is 4.05. The molecular formula is C24H26F2O5S. The van der Waals surface area contributed by atoms with Crippen LogP contribution in [0, 0.1) is 17.6 Å². The monoisotopic (exact) mass is 464 g/mol. The van der Waals surface area contributed by atoms with Crippen LogP contribution >= 0.6 is 0 Å². The third-order valence-electron chi connectivity index (χ3n) is 6.84. The number of halogens is 2. The summed E-state index contributed by atoms with van der Waals surface area (Å²) in [7, 11) is -3.64. The molecule has 32 heavy (non-hydrogen) atoms. The van der Waals surface area contributed by atoms with Crippen molar-refractivity contribution in [1.29, 1.82) is 0 Å². The Labute approximate surface area is 186 Å². The first-order valence-corrected chi connectivity index (χ1v) is 12.6. The number of hydrogen-bond acceptors (Lipinski definition) is 4. The predicted molar refractivity (Wildman–Crippen MR) is 114 cm³/mol. The molecule has 0 atom stereocenters. The number of hydrogen-bond donors (Lipinski definition) is 1. The lowest BCUT2D eigenvalue weighted by Crippen LogP contribution is -2.46. The summed E-state index contributed by atoms with van der Waals surface area (Å²) in [5, 5.41) is 10.1. The molecule has 0 spiro atoms. The molecule has 0 heterocycles. The van der Waals surface area contributed by atoms with E-state index in [1.165, 1.54) is 36.4 Å². The molecule has 172 valence electrons. The Morgan fingerprint density at radius 3 is 2.16 bits per heavy atom. The number of carboxylic acid groups (broad SMARTS) is 1. The fourth-order valence-corrected chi connectivity index (χ4v) is 5.26. The highest BCUT2D eigenvalue weighted by atomic mass is 32.2. The molecule has 0 amide bonds. The smallest absolute Gasteiger partial charge is 0.314 e. The molecule has 2 aromatic carbocycles. The van der Waals surface area contributed by atoms with E-state index in [0.29, 0.717) is 23.7 Å². The number of carbonyl (C=O) groups is 1. The molecule has 1 N–H and O–H groups in total. The number of benzene rings is 2. The maximum atomic E-state index is 14.4. The second kappa shape index (κ2) is 8.23. The lowest BCUT2D eigenvalue weighted by atomic mass is 9.63. The lowest BCUT2D eigenvalue weighted by molar-refractivity contribution is -0.151. The van der Waals surface area contributed by atoms with Crippen molar-refractivity contribution in [3.63, 3.8) is 0 Å². The van der Waals surface area contributed by atoms with Crippen molar-refractivity contribution in [2.45, 2.75) is 54.4 Å². The summed E-state index contributed by atoms with van der Waals surface area (Å²) in [5.41, 5.74) is -1.27. The van der Waals surface area contributed by atoms with Crippen LogP contribution in [0.25, 0.3) is 0 Å². The molecule has 0 aromatic heterocycles. The minimum Gasteiger partial charge on any atom is -0.481 e. The van der Waals surface area contributed by atoms with Crippen molar-refractivity contribution < 1.29 is 31.8 Å². The summed E-state index contributed by atoms with van der Waals surface area (Å²) >= 11 is 0. The first-order chi connectivity index (χ1) is 15.0. The van der Waals surface area contributed by atoms with Gasteiger partial charge in [0.05, 0.1) is 22.5 Å². The zero-order valence-corrected chi connectivity index (χ0v) is 18.6. The Morgan fingerprint density at radius 2 is 1.62 bits per heavy atom. The van der Waals surface area contributed by atoms with Crippen molar-refractivity contribution >= 4 is 15.8 Å². The van der Waals surface area contributed by atoms with Crippen LogP contribution < -0.4 is 0 Å². The number of ether oxygens (including phenoxy) is 1. The highest BCUT2D eigenvalue weighted by Gasteiger charge is 2.50. The van der Waals surface area contributed by atoms with E-state index in [-0.39, 0.29) is 30.6 Å². The van der Waals surface area contributed by atoms with Gasteiger partial charge in [-0.25, -0.2) is 17.2 Å². The molecule has 2 saturated carbocycles. The Balaban J connectivity index is 1.72. The van der Waals surface area contributed by atoms with Crippen LogP contribution in [0.15, 0.2) is 47.4 Å². The average molecular weight is 465 g/mol. The number of carboxylic acids is 1. The highest BCUT2D eigenvalue weighted by Crippen LogP contribution is 2.50. The van der Waals surface area contributed by atoms with Crippen LogP contribution in [0.5, 0.6) is 0 Å². The molecule has 2 fully saturated rings. The summed E-state index contributed by atoms with van der Waals surface area (Å²) in [5.74, 6) is -1.71. The Hall–Kier alpha value is -2.32. The van der Waals surface area contributed by atoms with Crippen molar-refractivity contribution in [3.05, 3.63) is 65.2 Å². The lowest BCUT2D eigenvalue weighted by Gasteiger charge is -2.45. The van der Waals surface area contributed by atoms with Gasteiger partial charge in [-0.15, -0.1) is 0 Å². The second-order valence-corrected chi connectivity index (χ2v) is 11.1. The van der Waals surface area contributed by atoms with Crippen LogP contribution in [0.3, 0.4) is 0 Å². The highest BCUT2D eigenvalue weighted by molar-refractivity contribution is 7.90. The van der Waals surface area contributed by atoms with Gasteiger partial charge in [0, 0.05) is 6.26 Å². The van der Waals surface area contributed by atoms with Gasteiger partial charge in [0.15, 0.2) is 9.84 Å². The Morgan fingerprint density at radius 1 is 1.00 bits per heavy atom. The van der Waals surface area contributed by atoms with Crippen molar-refractivity contribution in [1.82, 2.24) is 0 Å². The summed E-state index contributed by atoms with van der Waals surface area (Å²) in [4.78, 5) is 12.2. The van der Waals surface area contributed by atoms with Crippen LogP contribution in [0.4, 0.5) is 8.78 Å². The van der Waals surface area contributed by atoms with Gasteiger partial charge in [-0.1, -0.05) is 12.1 Å². The maximum Gasteiger partial charge on any atom is 0.314 e. The van der Waals surface area contributed by atoms with Gasteiger partial charge < -0.3 is 9.84 Å². The normalized spacial score (nSPS) is 26.1. The fraction of sp³-hybridized carbons (Fsp3) is 0.458. The van der Waals surface area contributed by atoms with E-state index in [4.69, 9.17) is 4.74 Å². The van der Waals surface area contributed by atoms with Crippen LogP contribution in [-0.4, -0.2) is 32.4 Å². The third-order valence-corrected chi connectivity index (χ3v) is 7.93. The average Bonchev–Trinajstić information content (AvgIpc) is 3.57. The molecule has 5 nitrogen and oxygen atoms in total. The Kier molecular flexibility index (Phi) is 5.88. The molecule has 2 aliphatic rings. The van der Waals surface area contributed by atoms with Gasteiger partial charge in [0.2, 0.25) is 0 Å². The molecular weight excluding hydrogens is 438 g/mol. The summed E-state index contributed by atoms with van der Waals surface area (Å²) in [6, 6.07) is 9.18. The van der Waals surface area contributed by atoms with Crippen molar-refractivity contribution in [2.24, 2.45) is 5.92 Å². The molecule has 0 saturated heterocycles. The SMILES string of the molecule is CS(=O)(=O)c1cc(F)cc([C@]2(OCC3CC3)CC[C@](C(=O)O)(c3ccc(F)cc3)CC2)c1. The quantitative estimate of drug-likeness (QED) is 0.649. The van der Waals surface area contributed by atoms with E-state index in [2.05, 4.69) is 0 Å². The first kappa shape index (κ1) is 22.9. The topological polar surface area (TPSA) is 80.7 Å². The second-order valence-electron chi connectivity index (χ2n) is 9.09. The Bertz CT molecular complexity index is 1120. The van der Waals surface area contributed by atoms with Crippen LogP contribution in [-0.2, 0) is 30.4 Å². The van der Waals surface area contributed by atoms with Gasteiger partial charge in [-0.3, -0.25) is 4.79 Å². The van der Waals surface area contributed by atoms with Crippen molar-refractivity contribution in [2.75, 3.05) is 12.9 Å². The molecule has 0 aliphatic heterocycles. The molecule has 0 bridgehead atoms. The van der Waals surface area contributed by atoms with Gasteiger partial charge in [-0.05, 0) is 85.9 Å². The minimum absolute atomic E-state index is 0.129. The van der Waals surface area contributed by atoms with E-state index in [9.17, 15) is 27.1 Å². The zero-order chi connectivity index (χ0) is 23.1. The van der Waals surface area contributed by atoms with Crippen molar-refractivity contribution in [3.8, 4) is 0 Å². The fourth-order valence-electron chi connectivity index (χ4n) is 4.59. The van der Waals surface area contributed by atoms with Gasteiger partial charge in [-0.2, -0.15) is 0 Å². The van der Waals surface area contributed by atoms with E-state index in [1.807, 2.05) is 0 Å².